The summed E-state index contributed by atoms with van der Waals surface area (Å²) in [7, 11) is 4.08. The lowest BCUT2D eigenvalue weighted by Gasteiger charge is -2.37. The number of nitrogens with one attached hydrogen (secondary N) is 1. The van der Waals surface area contributed by atoms with E-state index in [1.807, 2.05) is 30.9 Å². The summed E-state index contributed by atoms with van der Waals surface area (Å²) in [5, 5.41) is 12.7. The van der Waals surface area contributed by atoms with E-state index in [9.17, 15) is 4.39 Å². The molecule has 31 heavy (non-hydrogen) atoms. The molecule has 0 amide bonds. The zero-order chi connectivity index (χ0) is 22.0. The highest BCUT2D eigenvalue weighted by Gasteiger charge is 2.35. The van der Waals surface area contributed by atoms with Crippen molar-refractivity contribution in [3.05, 3.63) is 65.7 Å². The third-order valence-electron chi connectivity index (χ3n) is 6.02. The Morgan fingerprint density at radius 3 is 2.29 bits per heavy atom. The van der Waals surface area contributed by atoms with Gasteiger partial charge in [-0.1, -0.05) is 24.3 Å². The van der Waals surface area contributed by atoms with E-state index in [1.54, 1.807) is 6.07 Å². The van der Waals surface area contributed by atoms with Gasteiger partial charge in [0.15, 0.2) is 6.04 Å². The van der Waals surface area contributed by atoms with Crippen LogP contribution in [-0.4, -0.2) is 60.5 Å². The predicted molar refractivity (Wildman–Crippen MR) is 120 cm³/mol. The molecule has 1 atom stereocenters. The van der Waals surface area contributed by atoms with Gasteiger partial charge in [-0.3, -0.25) is 0 Å². The number of anilines is 2. The molecule has 1 aromatic heterocycles. The number of benzene rings is 2. The summed E-state index contributed by atoms with van der Waals surface area (Å²) in [4.78, 5) is 5.62. The SMILES string of the molecule is CC(C)n1nnnc1[C@@H](c1ccc(N(C)C)cc1)[NH+]1CCN(c2ccccc2F)CC1. The molecule has 1 saturated heterocycles. The molecule has 1 aliphatic heterocycles. The minimum atomic E-state index is -0.162. The zero-order valence-electron chi connectivity index (χ0n) is 18.7. The zero-order valence-corrected chi connectivity index (χ0v) is 18.7. The van der Waals surface area contributed by atoms with Crippen LogP contribution < -0.4 is 14.7 Å². The van der Waals surface area contributed by atoms with E-state index in [2.05, 4.69) is 63.4 Å². The van der Waals surface area contributed by atoms with Crippen LogP contribution >= 0.6 is 0 Å². The number of piperazine rings is 1. The van der Waals surface area contributed by atoms with Gasteiger partial charge in [0, 0.05) is 25.3 Å². The van der Waals surface area contributed by atoms with Gasteiger partial charge in [-0.15, -0.1) is 5.10 Å². The highest BCUT2D eigenvalue weighted by atomic mass is 19.1. The number of hydrogen-bond donors (Lipinski definition) is 1. The average molecular weight is 425 g/mol. The Morgan fingerprint density at radius 2 is 1.68 bits per heavy atom. The first-order valence-corrected chi connectivity index (χ1v) is 10.8. The Kier molecular flexibility index (Phi) is 6.18. The van der Waals surface area contributed by atoms with E-state index in [1.165, 1.54) is 16.5 Å². The summed E-state index contributed by atoms with van der Waals surface area (Å²) < 4.78 is 16.2. The van der Waals surface area contributed by atoms with Crippen LogP contribution in [0, 0.1) is 5.82 Å². The molecule has 8 heteroatoms. The van der Waals surface area contributed by atoms with Crippen molar-refractivity contribution in [2.24, 2.45) is 0 Å². The average Bonchev–Trinajstić information content (AvgIpc) is 3.25. The second kappa shape index (κ2) is 9.01. The van der Waals surface area contributed by atoms with Gasteiger partial charge in [0.2, 0.25) is 5.82 Å². The van der Waals surface area contributed by atoms with Gasteiger partial charge in [-0.25, -0.2) is 9.07 Å². The number of tetrazole rings is 1. The summed E-state index contributed by atoms with van der Waals surface area (Å²) in [5.74, 6) is 0.715. The van der Waals surface area contributed by atoms with E-state index in [0.29, 0.717) is 5.69 Å². The third kappa shape index (κ3) is 4.39. The molecule has 2 heterocycles. The van der Waals surface area contributed by atoms with Gasteiger partial charge in [-0.05, 0) is 48.5 Å². The summed E-state index contributed by atoms with van der Waals surface area (Å²) in [5.41, 5.74) is 3.03. The fraction of sp³-hybridized carbons (Fsp3) is 0.435. The Balaban J connectivity index is 1.62. The third-order valence-corrected chi connectivity index (χ3v) is 6.02. The molecular formula is C23H31FN7+. The van der Waals surface area contributed by atoms with Crippen molar-refractivity contribution in [3.63, 3.8) is 0 Å². The van der Waals surface area contributed by atoms with Crippen LogP contribution in [0.3, 0.4) is 0 Å². The van der Waals surface area contributed by atoms with Crippen LogP contribution in [0.4, 0.5) is 15.8 Å². The molecule has 1 N–H and O–H groups in total. The Bertz CT molecular complexity index is 991. The van der Waals surface area contributed by atoms with E-state index in [4.69, 9.17) is 0 Å². The van der Waals surface area contributed by atoms with Crippen molar-refractivity contribution in [3.8, 4) is 0 Å². The van der Waals surface area contributed by atoms with Crippen LogP contribution in [0.15, 0.2) is 48.5 Å². The van der Waals surface area contributed by atoms with Crippen molar-refractivity contribution in [1.82, 2.24) is 20.2 Å². The molecule has 3 aromatic rings. The molecule has 1 fully saturated rings. The minimum absolute atomic E-state index is 0.0244. The molecule has 4 rings (SSSR count). The lowest BCUT2D eigenvalue weighted by atomic mass is 10.0. The van der Waals surface area contributed by atoms with Crippen LogP contribution in [0.5, 0.6) is 0 Å². The quantitative estimate of drug-likeness (QED) is 0.656. The van der Waals surface area contributed by atoms with Crippen molar-refractivity contribution >= 4 is 11.4 Å². The summed E-state index contributed by atoms with van der Waals surface area (Å²) >= 11 is 0. The standard InChI is InChI=1S/C23H30FN7/c1-17(2)31-23(25-26-27-31)22(18-9-11-19(12-10-18)28(3)4)30-15-13-29(14-16-30)21-8-6-5-7-20(21)24/h5-12,17,22H,13-16H2,1-4H3/p+1/t22-/m1/s1. The van der Waals surface area contributed by atoms with Gasteiger partial charge in [0.05, 0.1) is 37.9 Å². The minimum Gasteiger partial charge on any atom is -0.378 e. The summed E-state index contributed by atoms with van der Waals surface area (Å²) in [6.07, 6.45) is 0. The monoisotopic (exact) mass is 424 g/mol. The van der Waals surface area contributed by atoms with E-state index >= 15 is 0 Å². The largest absolute Gasteiger partial charge is 0.378 e. The first kappa shape index (κ1) is 21.2. The number of rotatable bonds is 6. The van der Waals surface area contributed by atoms with Crippen LogP contribution in [0.2, 0.25) is 0 Å². The van der Waals surface area contributed by atoms with Gasteiger partial charge in [0.1, 0.15) is 5.82 Å². The van der Waals surface area contributed by atoms with Crippen LogP contribution in [-0.2, 0) is 0 Å². The molecule has 0 unspecified atom stereocenters. The van der Waals surface area contributed by atoms with Gasteiger partial charge in [-0.2, -0.15) is 0 Å². The maximum Gasteiger partial charge on any atom is 0.214 e. The van der Waals surface area contributed by atoms with Crippen molar-refractivity contribution in [2.45, 2.75) is 25.9 Å². The van der Waals surface area contributed by atoms with Crippen molar-refractivity contribution in [2.75, 3.05) is 50.1 Å². The Morgan fingerprint density at radius 1 is 1.00 bits per heavy atom. The smallest absolute Gasteiger partial charge is 0.214 e. The maximum absolute atomic E-state index is 14.3. The molecule has 164 valence electrons. The maximum atomic E-state index is 14.3. The fourth-order valence-electron chi connectivity index (χ4n) is 4.32. The molecule has 0 aliphatic carbocycles. The number of hydrogen-bond acceptors (Lipinski definition) is 5. The Hall–Kier alpha value is -3.00. The van der Waals surface area contributed by atoms with Crippen LogP contribution in [0.25, 0.3) is 0 Å². The normalized spacial score (nSPS) is 16.0. The summed E-state index contributed by atoms with van der Waals surface area (Å²) in [6.45, 7) is 7.51. The number of para-hydroxylation sites is 1. The molecule has 0 spiro atoms. The Labute approximate surface area is 183 Å². The van der Waals surface area contributed by atoms with Crippen molar-refractivity contribution in [1.29, 1.82) is 0 Å². The lowest BCUT2D eigenvalue weighted by Crippen LogP contribution is -3.15. The topological polar surface area (TPSA) is 54.5 Å². The highest BCUT2D eigenvalue weighted by Crippen LogP contribution is 2.23. The van der Waals surface area contributed by atoms with E-state index < -0.39 is 0 Å². The first-order valence-electron chi connectivity index (χ1n) is 10.8. The summed E-state index contributed by atoms with van der Waals surface area (Å²) in [6, 6.07) is 15.8. The van der Waals surface area contributed by atoms with E-state index in [-0.39, 0.29) is 17.9 Å². The second-order valence-corrected chi connectivity index (χ2v) is 8.59. The van der Waals surface area contributed by atoms with Crippen LogP contribution in [0.1, 0.15) is 37.3 Å². The number of halogens is 1. The second-order valence-electron chi connectivity index (χ2n) is 8.59. The molecule has 2 aromatic carbocycles. The first-order chi connectivity index (χ1) is 15.0. The molecule has 1 aliphatic rings. The molecule has 0 radical (unpaired) electrons. The van der Waals surface area contributed by atoms with Gasteiger partial charge >= 0.3 is 0 Å². The van der Waals surface area contributed by atoms with Gasteiger partial charge in [0.25, 0.3) is 0 Å². The lowest BCUT2D eigenvalue weighted by molar-refractivity contribution is -0.927. The number of aromatic nitrogens is 4. The van der Waals surface area contributed by atoms with Crippen molar-refractivity contribution < 1.29 is 9.29 Å². The molecule has 0 saturated carbocycles. The van der Waals surface area contributed by atoms with Gasteiger partial charge < -0.3 is 14.7 Å². The predicted octanol–water partition coefficient (Wildman–Crippen LogP) is 1.95. The molecule has 0 bridgehead atoms. The molecular weight excluding hydrogens is 393 g/mol. The molecule has 7 nitrogen and oxygen atoms in total. The number of quaternary nitrogens is 1. The number of nitrogens with zero attached hydrogens (tertiary/aromatic N) is 6. The van der Waals surface area contributed by atoms with E-state index in [0.717, 1.165) is 37.7 Å². The fourth-order valence-corrected chi connectivity index (χ4v) is 4.32. The highest BCUT2D eigenvalue weighted by molar-refractivity contribution is 5.48.